The molecule has 94 valence electrons. The Kier molecular flexibility index (Phi) is 6.10. The number of carbonyl (C=O) groups is 1. The van der Waals surface area contributed by atoms with Crippen LogP contribution in [0, 0.1) is 0 Å². The lowest BCUT2D eigenvalue weighted by molar-refractivity contribution is 0.246. The van der Waals surface area contributed by atoms with Crippen molar-refractivity contribution in [3.05, 3.63) is 30.3 Å². The highest BCUT2D eigenvalue weighted by Crippen LogP contribution is 2.13. The van der Waals surface area contributed by atoms with E-state index in [0.29, 0.717) is 19.6 Å². The second-order valence-corrected chi connectivity index (χ2v) is 3.86. The molecule has 1 rings (SSSR count). The second kappa shape index (κ2) is 7.68. The van der Waals surface area contributed by atoms with Crippen LogP contribution in [0.4, 0.5) is 10.5 Å². The van der Waals surface area contributed by atoms with Gasteiger partial charge in [0.25, 0.3) is 0 Å². The van der Waals surface area contributed by atoms with Crippen molar-refractivity contribution >= 4 is 11.7 Å². The van der Waals surface area contributed by atoms with Gasteiger partial charge in [-0.25, -0.2) is 4.79 Å². The molecule has 0 spiro atoms. The molecule has 0 aliphatic heterocycles. The molecule has 1 aromatic rings. The zero-order chi connectivity index (χ0) is 12.5. The van der Waals surface area contributed by atoms with Crippen LogP contribution in [0.2, 0.25) is 0 Å². The van der Waals surface area contributed by atoms with Crippen molar-refractivity contribution in [2.24, 2.45) is 5.73 Å². The Morgan fingerprint density at radius 2 is 2.06 bits per heavy atom. The van der Waals surface area contributed by atoms with Crippen molar-refractivity contribution < 1.29 is 4.79 Å². The lowest BCUT2D eigenvalue weighted by Gasteiger charge is -2.22. The molecule has 0 heterocycles. The Morgan fingerprint density at radius 1 is 1.35 bits per heavy atom. The fraction of sp³-hybridized carbons (Fsp3) is 0.462. The Balaban J connectivity index is 2.69. The summed E-state index contributed by atoms with van der Waals surface area (Å²) in [6, 6.07) is 9.61. The predicted octanol–water partition coefficient (Wildman–Crippen LogP) is 1.96. The summed E-state index contributed by atoms with van der Waals surface area (Å²) in [4.78, 5) is 13.7. The number of urea groups is 1. The van der Waals surface area contributed by atoms with Crippen LogP contribution in [-0.4, -0.2) is 25.7 Å². The van der Waals surface area contributed by atoms with Gasteiger partial charge in [-0.2, -0.15) is 0 Å². The lowest BCUT2D eigenvalue weighted by Crippen LogP contribution is -2.41. The maximum atomic E-state index is 12.0. The molecule has 1 aromatic carbocycles. The van der Waals surface area contributed by atoms with E-state index in [1.54, 1.807) is 4.90 Å². The predicted molar refractivity (Wildman–Crippen MR) is 71.1 cm³/mol. The SMILES string of the molecule is CCCNC(=O)N(CCCN)c1ccccc1. The van der Waals surface area contributed by atoms with Gasteiger partial charge >= 0.3 is 6.03 Å². The number of nitrogens with two attached hydrogens (primary N) is 1. The quantitative estimate of drug-likeness (QED) is 0.792. The smallest absolute Gasteiger partial charge is 0.321 e. The van der Waals surface area contributed by atoms with Gasteiger partial charge in [0, 0.05) is 18.8 Å². The minimum Gasteiger partial charge on any atom is -0.338 e. The van der Waals surface area contributed by atoms with Gasteiger partial charge in [0.2, 0.25) is 0 Å². The molecule has 0 aliphatic rings. The fourth-order valence-corrected chi connectivity index (χ4v) is 1.53. The van der Waals surface area contributed by atoms with Gasteiger partial charge < -0.3 is 11.1 Å². The third-order valence-corrected chi connectivity index (χ3v) is 2.43. The van der Waals surface area contributed by atoms with E-state index in [2.05, 4.69) is 5.32 Å². The Hall–Kier alpha value is -1.55. The number of anilines is 1. The first kappa shape index (κ1) is 13.5. The number of amides is 2. The molecule has 17 heavy (non-hydrogen) atoms. The zero-order valence-corrected chi connectivity index (χ0v) is 10.4. The topological polar surface area (TPSA) is 58.4 Å². The molecule has 0 fully saturated rings. The van der Waals surface area contributed by atoms with Crippen LogP contribution in [0.15, 0.2) is 30.3 Å². The van der Waals surface area contributed by atoms with E-state index >= 15 is 0 Å². The molecule has 0 unspecified atom stereocenters. The van der Waals surface area contributed by atoms with Crippen LogP contribution in [0.5, 0.6) is 0 Å². The number of hydrogen-bond donors (Lipinski definition) is 2. The molecular weight excluding hydrogens is 214 g/mol. The minimum absolute atomic E-state index is 0.0495. The Labute approximate surface area is 103 Å². The second-order valence-electron chi connectivity index (χ2n) is 3.86. The van der Waals surface area contributed by atoms with Crippen molar-refractivity contribution in [3.63, 3.8) is 0 Å². The van der Waals surface area contributed by atoms with Crippen LogP contribution in [0.1, 0.15) is 19.8 Å². The number of benzene rings is 1. The third kappa shape index (κ3) is 4.44. The summed E-state index contributed by atoms with van der Waals surface area (Å²) in [5.41, 5.74) is 6.41. The Morgan fingerprint density at radius 3 is 2.65 bits per heavy atom. The summed E-state index contributed by atoms with van der Waals surface area (Å²) in [5.74, 6) is 0. The van der Waals surface area contributed by atoms with Crippen molar-refractivity contribution in [2.75, 3.05) is 24.5 Å². The van der Waals surface area contributed by atoms with Crippen LogP contribution in [0.25, 0.3) is 0 Å². The summed E-state index contributed by atoms with van der Waals surface area (Å²) in [7, 11) is 0. The molecule has 2 amide bonds. The Bertz CT molecular complexity index is 327. The number of nitrogens with zero attached hydrogens (tertiary/aromatic N) is 1. The van der Waals surface area contributed by atoms with Gasteiger partial charge in [0.1, 0.15) is 0 Å². The van der Waals surface area contributed by atoms with Crippen LogP contribution in [0.3, 0.4) is 0 Å². The molecule has 4 nitrogen and oxygen atoms in total. The summed E-state index contributed by atoms with van der Waals surface area (Å²) in [5, 5.41) is 2.89. The maximum Gasteiger partial charge on any atom is 0.321 e. The third-order valence-electron chi connectivity index (χ3n) is 2.43. The van der Waals surface area contributed by atoms with E-state index in [9.17, 15) is 4.79 Å². The number of hydrogen-bond acceptors (Lipinski definition) is 2. The molecule has 0 atom stereocenters. The van der Waals surface area contributed by atoms with Gasteiger partial charge in [-0.3, -0.25) is 4.90 Å². The van der Waals surface area contributed by atoms with Crippen molar-refractivity contribution in [1.29, 1.82) is 0 Å². The minimum atomic E-state index is -0.0495. The molecular formula is C13H21N3O. The van der Waals surface area contributed by atoms with Crippen LogP contribution < -0.4 is 16.0 Å². The first-order chi connectivity index (χ1) is 8.29. The number of rotatable bonds is 6. The van der Waals surface area contributed by atoms with Crippen molar-refractivity contribution in [2.45, 2.75) is 19.8 Å². The van der Waals surface area contributed by atoms with E-state index < -0.39 is 0 Å². The zero-order valence-electron chi connectivity index (χ0n) is 10.4. The van der Waals surface area contributed by atoms with E-state index in [4.69, 9.17) is 5.73 Å². The van der Waals surface area contributed by atoms with Gasteiger partial charge in [0.05, 0.1) is 0 Å². The summed E-state index contributed by atoms with van der Waals surface area (Å²) < 4.78 is 0. The standard InChI is InChI=1S/C13H21N3O/c1-2-10-15-13(17)16(11-6-9-14)12-7-4-3-5-8-12/h3-5,7-8H,2,6,9-11,14H2,1H3,(H,15,17). The van der Waals surface area contributed by atoms with Gasteiger partial charge in [-0.15, -0.1) is 0 Å². The van der Waals surface area contributed by atoms with E-state index in [0.717, 1.165) is 18.5 Å². The first-order valence-electron chi connectivity index (χ1n) is 6.10. The van der Waals surface area contributed by atoms with Crippen molar-refractivity contribution in [1.82, 2.24) is 5.32 Å². The summed E-state index contributed by atoms with van der Waals surface area (Å²) >= 11 is 0. The highest BCUT2D eigenvalue weighted by Gasteiger charge is 2.13. The normalized spacial score (nSPS) is 10.0. The molecule has 4 heteroatoms. The van der Waals surface area contributed by atoms with Gasteiger partial charge in [-0.05, 0) is 31.5 Å². The van der Waals surface area contributed by atoms with E-state index in [-0.39, 0.29) is 6.03 Å². The average molecular weight is 235 g/mol. The lowest BCUT2D eigenvalue weighted by atomic mass is 10.2. The highest BCUT2D eigenvalue weighted by molar-refractivity contribution is 5.91. The number of para-hydroxylation sites is 1. The summed E-state index contributed by atoms with van der Waals surface area (Å²) in [6.07, 6.45) is 1.74. The molecule has 0 bridgehead atoms. The largest absolute Gasteiger partial charge is 0.338 e. The van der Waals surface area contributed by atoms with Crippen LogP contribution in [-0.2, 0) is 0 Å². The molecule has 0 aliphatic carbocycles. The molecule has 0 aromatic heterocycles. The van der Waals surface area contributed by atoms with E-state index in [1.165, 1.54) is 0 Å². The molecule has 3 N–H and O–H groups in total. The molecule has 0 saturated carbocycles. The van der Waals surface area contributed by atoms with Gasteiger partial charge in [0.15, 0.2) is 0 Å². The monoisotopic (exact) mass is 235 g/mol. The van der Waals surface area contributed by atoms with Crippen LogP contribution >= 0.6 is 0 Å². The average Bonchev–Trinajstić information content (AvgIpc) is 2.38. The molecule has 0 radical (unpaired) electrons. The fourth-order valence-electron chi connectivity index (χ4n) is 1.53. The highest BCUT2D eigenvalue weighted by atomic mass is 16.2. The maximum absolute atomic E-state index is 12.0. The number of nitrogens with one attached hydrogen (secondary N) is 1. The van der Waals surface area contributed by atoms with Crippen molar-refractivity contribution in [3.8, 4) is 0 Å². The first-order valence-corrected chi connectivity index (χ1v) is 6.10. The molecule has 0 saturated heterocycles. The number of carbonyl (C=O) groups excluding carboxylic acids is 1. The summed E-state index contributed by atoms with van der Waals surface area (Å²) in [6.45, 7) is 3.97. The van der Waals surface area contributed by atoms with E-state index in [1.807, 2.05) is 37.3 Å². The van der Waals surface area contributed by atoms with Gasteiger partial charge in [-0.1, -0.05) is 25.1 Å².